The lowest BCUT2D eigenvalue weighted by Crippen LogP contribution is -1.96. The molecular formula is C14H25N3. The number of anilines is 1. The van der Waals surface area contributed by atoms with Gasteiger partial charge in [0.05, 0.1) is 0 Å². The number of hydrogen-bond acceptors (Lipinski definition) is 3. The molecule has 0 aliphatic carbocycles. The van der Waals surface area contributed by atoms with Crippen LogP contribution >= 0.6 is 0 Å². The SMILES string of the molecule is CCCCCCCCCCc1cnc(N)nc1. The number of aromatic nitrogens is 2. The van der Waals surface area contributed by atoms with Gasteiger partial charge in [0, 0.05) is 12.4 Å². The van der Waals surface area contributed by atoms with Crippen LogP contribution in [0.5, 0.6) is 0 Å². The first-order chi connectivity index (χ1) is 8.33. The molecule has 1 aromatic rings. The zero-order valence-corrected chi connectivity index (χ0v) is 11.0. The molecule has 0 atom stereocenters. The van der Waals surface area contributed by atoms with E-state index >= 15 is 0 Å². The van der Waals surface area contributed by atoms with Crippen molar-refractivity contribution < 1.29 is 0 Å². The van der Waals surface area contributed by atoms with Crippen molar-refractivity contribution in [3.05, 3.63) is 18.0 Å². The predicted molar refractivity (Wildman–Crippen MR) is 72.8 cm³/mol. The molecule has 2 N–H and O–H groups in total. The highest BCUT2D eigenvalue weighted by atomic mass is 15.0. The van der Waals surface area contributed by atoms with Crippen LogP contribution in [0.15, 0.2) is 12.4 Å². The van der Waals surface area contributed by atoms with E-state index in [1.807, 2.05) is 12.4 Å². The summed E-state index contributed by atoms with van der Waals surface area (Å²) in [5, 5.41) is 0. The van der Waals surface area contributed by atoms with Gasteiger partial charge >= 0.3 is 0 Å². The first-order valence-corrected chi connectivity index (χ1v) is 6.89. The second-order valence-electron chi connectivity index (χ2n) is 4.67. The van der Waals surface area contributed by atoms with Crippen molar-refractivity contribution in [2.24, 2.45) is 0 Å². The molecule has 3 heteroatoms. The van der Waals surface area contributed by atoms with Gasteiger partial charge in [-0.2, -0.15) is 0 Å². The maximum Gasteiger partial charge on any atom is 0.219 e. The quantitative estimate of drug-likeness (QED) is 0.663. The third-order valence-electron chi connectivity index (χ3n) is 3.04. The molecule has 0 aromatic carbocycles. The lowest BCUT2D eigenvalue weighted by Gasteiger charge is -2.02. The highest BCUT2D eigenvalue weighted by Crippen LogP contribution is 2.10. The monoisotopic (exact) mass is 235 g/mol. The zero-order valence-electron chi connectivity index (χ0n) is 11.0. The zero-order chi connectivity index (χ0) is 12.3. The minimum atomic E-state index is 0.365. The van der Waals surface area contributed by atoms with Crippen LogP contribution in [0.3, 0.4) is 0 Å². The van der Waals surface area contributed by atoms with E-state index in [9.17, 15) is 0 Å². The molecule has 96 valence electrons. The first kappa shape index (κ1) is 13.9. The van der Waals surface area contributed by atoms with Crippen molar-refractivity contribution in [1.29, 1.82) is 0 Å². The molecule has 0 saturated carbocycles. The van der Waals surface area contributed by atoms with E-state index in [4.69, 9.17) is 5.73 Å². The van der Waals surface area contributed by atoms with Crippen molar-refractivity contribution >= 4 is 5.95 Å². The minimum Gasteiger partial charge on any atom is -0.368 e. The molecule has 1 rings (SSSR count). The lowest BCUT2D eigenvalue weighted by atomic mass is 10.1. The van der Waals surface area contributed by atoms with Crippen molar-refractivity contribution in [2.45, 2.75) is 64.7 Å². The average molecular weight is 235 g/mol. The predicted octanol–water partition coefficient (Wildman–Crippen LogP) is 3.74. The molecule has 0 radical (unpaired) electrons. The van der Waals surface area contributed by atoms with Crippen LogP contribution in [0.2, 0.25) is 0 Å². The lowest BCUT2D eigenvalue weighted by molar-refractivity contribution is 0.575. The van der Waals surface area contributed by atoms with Crippen LogP contribution in [-0.2, 0) is 6.42 Å². The Morgan fingerprint density at radius 2 is 1.41 bits per heavy atom. The van der Waals surface area contributed by atoms with Crippen molar-refractivity contribution in [3.63, 3.8) is 0 Å². The van der Waals surface area contributed by atoms with Crippen LogP contribution < -0.4 is 5.73 Å². The maximum atomic E-state index is 5.44. The van der Waals surface area contributed by atoms with E-state index in [1.165, 1.54) is 56.9 Å². The Kier molecular flexibility index (Phi) is 7.35. The third-order valence-corrected chi connectivity index (χ3v) is 3.04. The standard InChI is InChI=1S/C14H25N3/c1-2-3-4-5-6-7-8-9-10-13-11-16-14(15)17-12-13/h11-12H,2-10H2,1H3,(H2,15,16,17). The van der Waals surface area contributed by atoms with Crippen LogP contribution in [0.4, 0.5) is 5.95 Å². The number of rotatable bonds is 9. The molecule has 0 fully saturated rings. The van der Waals surface area contributed by atoms with Gasteiger partial charge in [0.25, 0.3) is 0 Å². The van der Waals surface area contributed by atoms with Crippen LogP contribution in [0, 0.1) is 0 Å². The van der Waals surface area contributed by atoms with E-state index in [2.05, 4.69) is 16.9 Å². The molecule has 3 nitrogen and oxygen atoms in total. The molecular weight excluding hydrogens is 210 g/mol. The van der Waals surface area contributed by atoms with Gasteiger partial charge < -0.3 is 5.73 Å². The molecule has 0 unspecified atom stereocenters. The smallest absolute Gasteiger partial charge is 0.219 e. The normalized spacial score (nSPS) is 10.6. The molecule has 17 heavy (non-hydrogen) atoms. The summed E-state index contributed by atoms with van der Waals surface area (Å²) in [6, 6.07) is 0. The average Bonchev–Trinajstić information content (AvgIpc) is 2.35. The largest absolute Gasteiger partial charge is 0.368 e. The number of nitrogen functional groups attached to an aromatic ring is 1. The summed E-state index contributed by atoms with van der Waals surface area (Å²) in [6.45, 7) is 2.26. The molecule has 0 bridgehead atoms. The topological polar surface area (TPSA) is 51.8 Å². The second-order valence-corrected chi connectivity index (χ2v) is 4.67. The molecule has 0 spiro atoms. The van der Waals surface area contributed by atoms with Gasteiger partial charge in [-0.1, -0.05) is 51.9 Å². The Bertz CT molecular complexity index is 282. The van der Waals surface area contributed by atoms with Crippen molar-refractivity contribution in [3.8, 4) is 0 Å². The summed E-state index contributed by atoms with van der Waals surface area (Å²) in [6.07, 6.45) is 15.6. The molecule has 1 aromatic heterocycles. The van der Waals surface area contributed by atoms with Gasteiger partial charge in [0.1, 0.15) is 0 Å². The maximum absolute atomic E-state index is 5.44. The van der Waals surface area contributed by atoms with E-state index in [0.717, 1.165) is 6.42 Å². The van der Waals surface area contributed by atoms with Gasteiger partial charge in [-0.25, -0.2) is 9.97 Å². The van der Waals surface area contributed by atoms with E-state index in [-0.39, 0.29) is 0 Å². The van der Waals surface area contributed by atoms with Crippen molar-refractivity contribution in [2.75, 3.05) is 5.73 Å². The van der Waals surface area contributed by atoms with Gasteiger partial charge in [-0.15, -0.1) is 0 Å². The summed E-state index contributed by atoms with van der Waals surface area (Å²) in [4.78, 5) is 7.99. The Morgan fingerprint density at radius 3 is 2.00 bits per heavy atom. The minimum absolute atomic E-state index is 0.365. The Balaban J connectivity index is 1.95. The fourth-order valence-electron chi connectivity index (χ4n) is 1.96. The Hall–Kier alpha value is -1.12. The molecule has 1 heterocycles. The summed E-state index contributed by atoms with van der Waals surface area (Å²) in [5.74, 6) is 0.365. The number of aryl methyl sites for hydroxylation is 1. The number of unbranched alkanes of at least 4 members (excludes halogenated alkanes) is 7. The fraction of sp³-hybridized carbons (Fsp3) is 0.714. The van der Waals surface area contributed by atoms with E-state index in [0.29, 0.717) is 5.95 Å². The summed E-state index contributed by atoms with van der Waals surface area (Å²) < 4.78 is 0. The van der Waals surface area contributed by atoms with Gasteiger partial charge in [-0.05, 0) is 18.4 Å². The second kappa shape index (κ2) is 8.97. The number of nitrogens with zero attached hydrogens (tertiary/aromatic N) is 2. The van der Waals surface area contributed by atoms with Crippen LogP contribution in [-0.4, -0.2) is 9.97 Å². The van der Waals surface area contributed by atoms with Gasteiger partial charge in [0.2, 0.25) is 5.95 Å². The molecule has 0 aliphatic heterocycles. The van der Waals surface area contributed by atoms with Crippen molar-refractivity contribution in [1.82, 2.24) is 9.97 Å². The highest BCUT2D eigenvalue weighted by molar-refractivity contribution is 5.17. The van der Waals surface area contributed by atoms with E-state index in [1.54, 1.807) is 0 Å². The molecule has 0 amide bonds. The van der Waals surface area contributed by atoms with Gasteiger partial charge in [0.15, 0.2) is 0 Å². The number of nitrogens with two attached hydrogens (primary N) is 1. The first-order valence-electron chi connectivity index (χ1n) is 6.89. The fourth-order valence-corrected chi connectivity index (χ4v) is 1.96. The summed E-state index contributed by atoms with van der Waals surface area (Å²) in [7, 11) is 0. The van der Waals surface area contributed by atoms with Crippen LogP contribution in [0.1, 0.15) is 63.9 Å². The summed E-state index contributed by atoms with van der Waals surface area (Å²) >= 11 is 0. The van der Waals surface area contributed by atoms with Gasteiger partial charge in [-0.3, -0.25) is 0 Å². The molecule has 0 aliphatic rings. The third kappa shape index (κ3) is 6.93. The summed E-state index contributed by atoms with van der Waals surface area (Å²) in [5.41, 5.74) is 6.64. The molecule has 0 saturated heterocycles. The Morgan fingerprint density at radius 1 is 0.882 bits per heavy atom. The number of hydrogen-bond donors (Lipinski definition) is 1. The van der Waals surface area contributed by atoms with E-state index < -0.39 is 0 Å². The Labute approximate surface area is 105 Å². The van der Waals surface area contributed by atoms with Crippen LogP contribution in [0.25, 0.3) is 0 Å². The highest BCUT2D eigenvalue weighted by Gasteiger charge is 1.96.